The molecule has 0 aliphatic heterocycles. The number of benzene rings is 3. The summed E-state index contributed by atoms with van der Waals surface area (Å²) in [5.74, 6) is 0.967. The van der Waals surface area contributed by atoms with Gasteiger partial charge in [-0.1, -0.05) is 42.5 Å². The topological polar surface area (TPSA) is 100 Å². The van der Waals surface area contributed by atoms with Crippen LogP contribution >= 0.6 is 0 Å². The van der Waals surface area contributed by atoms with Crippen LogP contribution in [0.2, 0.25) is 0 Å². The molecule has 5 rings (SSSR count). The maximum Gasteiger partial charge on any atom is 0.221 e. The number of phenols is 1. The molecule has 2 heterocycles. The lowest BCUT2D eigenvalue weighted by atomic mass is 9.86. The number of aromatic nitrogens is 3. The number of nitrogens with one attached hydrogen (secondary N) is 2. The van der Waals surface area contributed by atoms with E-state index in [0.717, 1.165) is 27.7 Å². The molecule has 7 nitrogen and oxygen atoms in total. The van der Waals surface area contributed by atoms with E-state index >= 15 is 0 Å². The molecule has 5 aromatic rings. The Hall–Kier alpha value is -4.39. The molecular formula is C28H26N4O3. The summed E-state index contributed by atoms with van der Waals surface area (Å²) in [6.45, 7) is 1.90. The van der Waals surface area contributed by atoms with Gasteiger partial charge in [-0.2, -0.15) is 0 Å². The zero-order valence-electron chi connectivity index (χ0n) is 19.5. The van der Waals surface area contributed by atoms with Gasteiger partial charge in [-0.05, 0) is 42.8 Å². The van der Waals surface area contributed by atoms with Gasteiger partial charge in [0.15, 0.2) is 0 Å². The quantitative estimate of drug-likeness (QED) is 0.305. The summed E-state index contributed by atoms with van der Waals surface area (Å²) in [5, 5.41) is 15.0. The second-order valence-electron chi connectivity index (χ2n) is 8.54. The fraction of sp³-hybridized carbons (Fsp3) is 0.179. The van der Waals surface area contributed by atoms with Gasteiger partial charge in [-0.15, -0.1) is 0 Å². The number of phenolic OH excluding ortho intramolecular Hbond substituents is 1. The largest absolute Gasteiger partial charge is 0.505 e. The lowest BCUT2D eigenvalue weighted by Gasteiger charge is -2.21. The minimum atomic E-state index is -0.379. The van der Waals surface area contributed by atoms with Gasteiger partial charge in [-0.25, -0.2) is 4.98 Å². The summed E-state index contributed by atoms with van der Waals surface area (Å²) in [7, 11) is 1.61. The van der Waals surface area contributed by atoms with Gasteiger partial charge in [0.05, 0.1) is 24.2 Å². The Morgan fingerprint density at radius 3 is 2.63 bits per heavy atom. The van der Waals surface area contributed by atoms with Crippen molar-refractivity contribution in [1.82, 2.24) is 20.3 Å². The van der Waals surface area contributed by atoms with E-state index in [1.807, 2.05) is 79.7 Å². The zero-order chi connectivity index (χ0) is 24.4. The fourth-order valence-electron chi connectivity index (χ4n) is 4.40. The molecule has 2 atom stereocenters. The van der Waals surface area contributed by atoms with Crippen molar-refractivity contribution in [3.8, 4) is 11.5 Å². The number of nitrogens with zero attached hydrogens (tertiary/aromatic N) is 2. The Morgan fingerprint density at radius 1 is 1.06 bits per heavy atom. The third-order valence-electron chi connectivity index (χ3n) is 6.26. The molecule has 176 valence electrons. The highest BCUT2D eigenvalue weighted by molar-refractivity contribution is 5.86. The maximum absolute atomic E-state index is 13.2. The summed E-state index contributed by atoms with van der Waals surface area (Å²) in [6, 6.07) is 22.5. The number of ether oxygens (including phenoxy) is 1. The van der Waals surface area contributed by atoms with Crippen molar-refractivity contribution >= 4 is 27.8 Å². The predicted molar refractivity (Wildman–Crippen MR) is 136 cm³/mol. The molecule has 1 amide bonds. The van der Waals surface area contributed by atoms with Gasteiger partial charge in [0.2, 0.25) is 5.91 Å². The number of hydrogen-bond donors (Lipinski definition) is 3. The standard InChI is InChI=1S/C28H26N4O3/c1-17(28-31-23-7-3-4-8-24(23)32-28)30-25(33)16-22(18-9-12-20(35-2)13-10-18)21-14-11-19-6-5-15-29-26(19)27(21)34/h3-15,17,22,34H,16H2,1-2H3,(H,30,33)(H,31,32)/t17-,22?/m0/s1. The van der Waals surface area contributed by atoms with E-state index in [9.17, 15) is 9.90 Å². The van der Waals surface area contributed by atoms with Gasteiger partial charge in [0.1, 0.15) is 22.8 Å². The molecule has 2 aromatic heterocycles. The van der Waals surface area contributed by atoms with Gasteiger partial charge in [0, 0.05) is 29.5 Å². The Morgan fingerprint density at radius 2 is 1.86 bits per heavy atom. The number of carbonyl (C=O) groups is 1. The van der Waals surface area contributed by atoms with Crippen LogP contribution in [0, 0.1) is 0 Å². The lowest BCUT2D eigenvalue weighted by molar-refractivity contribution is -0.122. The molecule has 0 bridgehead atoms. The molecule has 0 radical (unpaired) electrons. The van der Waals surface area contributed by atoms with E-state index in [-0.39, 0.29) is 30.0 Å². The third kappa shape index (κ3) is 4.53. The summed E-state index contributed by atoms with van der Waals surface area (Å²) in [4.78, 5) is 25.4. The van der Waals surface area contributed by atoms with Crippen LogP contribution < -0.4 is 10.1 Å². The van der Waals surface area contributed by atoms with E-state index in [4.69, 9.17) is 4.74 Å². The molecule has 0 spiro atoms. The molecule has 7 heteroatoms. The van der Waals surface area contributed by atoms with Crippen molar-refractivity contribution < 1.29 is 14.6 Å². The fourth-order valence-corrected chi connectivity index (χ4v) is 4.40. The van der Waals surface area contributed by atoms with E-state index in [2.05, 4.69) is 20.3 Å². The van der Waals surface area contributed by atoms with Crippen LogP contribution in [-0.4, -0.2) is 33.1 Å². The van der Waals surface area contributed by atoms with Gasteiger partial charge in [-0.3, -0.25) is 9.78 Å². The minimum Gasteiger partial charge on any atom is -0.505 e. The summed E-state index contributed by atoms with van der Waals surface area (Å²) >= 11 is 0. The molecule has 0 aliphatic rings. The molecular weight excluding hydrogens is 440 g/mol. The highest BCUT2D eigenvalue weighted by atomic mass is 16.5. The van der Waals surface area contributed by atoms with Crippen molar-refractivity contribution in [1.29, 1.82) is 0 Å². The van der Waals surface area contributed by atoms with Gasteiger partial charge in [0.25, 0.3) is 0 Å². The van der Waals surface area contributed by atoms with Crippen LogP contribution in [-0.2, 0) is 4.79 Å². The van der Waals surface area contributed by atoms with E-state index in [1.165, 1.54) is 0 Å². The second kappa shape index (κ2) is 9.46. The van der Waals surface area contributed by atoms with Crippen molar-refractivity contribution in [2.24, 2.45) is 0 Å². The Balaban J connectivity index is 1.44. The number of aromatic hydroxyl groups is 1. The summed E-state index contributed by atoms with van der Waals surface area (Å²) < 4.78 is 5.29. The Labute approximate surface area is 202 Å². The number of methoxy groups -OCH3 is 1. The first-order valence-corrected chi connectivity index (χ1v) is 11.5. The molecule has 0 fully saturated rings. The SMILES string of the molecule is COc1ccc(C(CC(=O)N[C@@H](C)c2nc3ccccc3[nH]2)c2ccc3cccnc3c2O)cc1. The second-order valence-corrected chi connectivity index (χ2v) is 8.54. The van der Waals surface area contributed by atoms with Crippen LogP contribution in [0.1, 0.15) is 42.3 Å². The van der Waals surface area contributed by atoms with Gasteiger partial charge < -0.3 is 20.1 Å². The van der Waals surface area contributed by atoms with Crippen molar-refractivity contribution in [2.75, 3.05) is 7.11 Å². The molecule has 3 N–H and O–H groups in total. The summed E-state index contributed by atoms with van der Waals surface area (Å²) in [5.41, 5.74) is 3.83. The lowest BCUT2D eigenvalue weighted by Crippen LogP contribution is -2.29. The first-order valence-electron chi connectivity index (χ1n) is 11.5. The number of carbonyl (C=O) groups excluding carboxylic acids is 1. The predicted octanol–water partition coefficient (Wildman–Crippen LogP) is 5.22. The number of fused-ring (bicyclic) bond motifs is 2. The van der Waals surface area contributed by atoms with Crippen molar-refractivity contribution in [2.45, 2.75) is 25.3 Å². The average Bonchev–Trinajstić information content (AvgIpc) is 3.33. The van der Waals surface area contributed by atoms with Crippen LogP contribution in [0.25, 0.3) is 21.9 Å². The van der Waals surface area contributed by atoms with Crippen LogP contribution in [0.5, 0.6) is 11.5 Å². The molecule has 1 unspecified atom stereocenters. The van der Waals surface area contributed by atoms with E-state index < -0.39 is 0 Å². The zero-order valence-corrected chi connectivity index (χ0v) is 19.5. The number of amides is 1. The molecule has 0 saturated carbocycles. The maximum atomic E-state index is 13.2. The smallest absolute Gasteiger partial charge is 0.221 e. The molecule has 35 heavy (non-hydrogen) atoms. The van der Waals surface area contributed by atoms with Crippen LogP contribution in [0.3, 0.4) is 0 Å². The Bertz CT molecular complexity index is 1460. The first-order chi connectivity index (χ1) is 17.0. The van der Waals surface area contributed by atoms with Crippen molar-refractivity contribution in [3.63, 3.8) is 0 Å². The molecule has 0 saturated heterocycles. The number of hydrogen-bond acceptors (Lipinski definition) is 5. The highest BCUT2D eigenvalue weighted by Gasteiger charge is 2.24. The summed E-state index contributed by atoms with van der Waals surface area (Å²) in [6.07, 6.45) is 1.79. The minimum absolute atomic E-state index is 0.0852. The highest BCUT2D eigenvalue weighted by Crippen LogP contribution is 2.38. The molecule has 0 aliphatic carbocycles. The normalized spacial score (nSPS) is 13.0. The van der Waals surface area contributed by atoms with Crippen LogP contribution in [0.4, 0.5) is 0 Å². The number of aromatic amines is 1. The van der Waals surface area contributed by atoms with Gasteiger partial charge >= 0.3 is 0 Å². The number of pyridine rings is 1. The third-order valence-corrected chi connectivity index (χ3v) is 6.26. The van der Waals surface area contributed by atoms with E-state index in [0.29, 0.717) is 16.9 Å². The monoisotopic (exact) mass is 466 g/mol. The average molecular weight is 467 g/mol. The first kappa shape index (κ1) is 22.4. The number of imidazole rings is 1. The number of H-pyrrole nitrogens is 1. The van der Waals surface area contributed by atoms with E-state index in [1.54, 1.807) is 13.3 Å². The number of rotatable bonds is 7. The Kier molecular flexibility index (Phi) is 6.06. The van der Waals surface area contributed by atoms with Crippen LogP contribution in [0.15, 0.2) is 79.0 Å². The van der Waals surface area contributed by atoms with Crippen molar-refractivity contribution in [3.05, 3.63) is 95.9 Å². The molecule has 3 aromatic carbocycles. The number of para-hydroxylation sites is 2.